The van der Waals surface area contributed by atoms with Crippen molar-refractivity contribution in [1.82, 2.24) is 0 Å². The van der Waals surface area contributed by atoms with Crippen LogP contribution in [-0.4, -0.2) is 18.3 Å². The molecule has 0 aromatic rings. The Balaban J connectivity index is 2.85. The number of halogens is 1. The van der Waals surface area contributed by atoms with Crippen LogP contribution in [0.15, 0.2) is 10.5 Å². The first kappa shape index (κ1) is 14.3. The number of allylic oxidation sites excluding steroid dienone is 1. The molecular weight excluding hydrogens is 267 g/mol. The Kier molecular flexibility index (Phi) is 3.70. The van der Waals surface area contributed by atoms with E-state index in [1.807, 2.05) is 0 Å². The van der Waals surface area contributed by atoms with Crippen molar-refractivity contribution in [3.63, 3.8) is 0 Å². The van der Waals surface area contributed by atoms with Gasteiger partial charge < -0.3 is 9.31 Å². The molecule has 0 unspecified atom stereocenters. The first-order valence-corrected chi connectivity index (χ1v) is 6.48. The summed E-state index contributed by atoms with van der Waals surface area (Å²) in [6, 6.07) is 0. The van der Waals surface area contributed by atoms with Crippen LogP contribution in [0.25, 0.3) is 0 Å². The standard InChI is InChI=1S/C12H22BBrO2/c1-10(2,3)8-9(14)13-15-11(4,5)12(6,7)16-13/h8H,1-7H3. The van der Waals surface area contributed by atoms with Gasteiger partial charge in [0.25, 0.3) is 0 Å². The molecule has 1 saturated heterocycles. The van der Waals surface area contributed by atoms with Crippen LogP contribution in [0.4, 0.5) is 0 Å². The molecule has 0 amide bonds. The van der Waals surface area contributed by atoms with Crippen molar-refractivity contribution >= 4 is 23.0 Å². The molecule has 0 spiro atoms. The van der Waals surface area contributed by atoms with Crippen molar-refractivity contribution in [3.8, 4) is 0 Å². The van der Waals surface area contributed by atoms with Crippen molar-refractivity contribution in [2.24, 2.45) is 5.41 Å². The molecule has 2 nitrogen and oxygen atoms in total. The van der Waals surface area contributed by atoms with Gasteiger partial charge in [0.05, 0.1) is 11.2 Å². The lowest BCUT2D eigenvalue weighted by Gasteiger charge is -2.32. The van der Waals surface area contributed by atoms with E-state index in [-0.39, 0.29) is 23.7 Å². The van der Waals surface area contributed by atoms with Gasteiger partial charge in [-0.25, -0.2) is 0 Å². The van der Waals surface area contributed by atoms with Crippen molar-refractivity contribution in [2.45, 2.75) is 59.7 Å². The van der Waals surface area contributed by atoms with Gasteiger partial charge in [-0.05, 0) is 33.1 Å². The maximum Gasteiger partial charge on any atom is 0.501 e. The lowest BCUT2D eigenvalue weighted by atomic mass is 9.84. The fourth-order valence-electron chi connectivity index (χ4n) is 1.44. The molecule has 4 heteroatoms. The molecule has 1 fully saturated rings. The number of hydrogen-bond donors (Lipinski definition) is 0. The summed E-state index contributed by atoms with van der Waals surface area (Å²) in [5, 5.41) is 0. The fraction of sp³-hybridized carbons (Fsp3) is 0.833. The van der Waals surface area contributed by atoms with Crippen molar-refractivity contribution in [3.05, 3.63) is 10.5 Å². The van der Waals surface area contributed by atoms with Crippen molar-refractivity contribution in [1.29, 1.82) is 0 Å². The molecule has 0 N–H and O–H groups in total. The Morgan fingerprint density at radius 3 is 1.75 bits per heavy atom. The van der Waals surface area contributed by atoms with Gasteiger partial charge >= 0.3 is 7.12 Å². The predicted molar refractivity (Wildman–Crippen MR) is 72.5 cm³/mol. The van der Waals surface area contributed by atoms with Crippen LogP contribution in [-0.2, 0) is 9.31 Å². The van der Waals surface area contributed by atoms with Crippen LogP contribution in [0.3, 0.4) is 0 Å². The van der Waals surface area contributed by atoms with Crippen molar-refractivity contribution < 1.29 is 9.31 Å². The molecule has 0 aliphatic carbocycles. The molecule has 1 aliphatic rings. The lowest BCUT2D eigenvalue weighted by molar-refractivity contribution is 0.00578. The summed E-state index contributed by atoms with van der Waals surface area (Å²) in [4.78, 5) is 0. The third-order valence-electron chi connectivity index (χ3n) is 3.05. The van der Waals surface area contributed by atoms with E-state index in [1.165, 1.54) is 0 Å². The van der Waals surface area contributed by atoms with E-state index in [1.54, 1.807) is 0 Å². The maximum atomic E-state index is 5.93. The van der Waals surface area contributed by atoms with E-state index in [0.717, 1.165) is 4.38 Å². The SMILES string of the molecule is CC(C)(C)C=C(Br)B1OC(C)(C)C(C)(C)O1. The zero-order valence-corrected chi connectivity index (χ0v) is 12.9. The summed E-state index contributed by atoms with van der Waals surface area (Å²) >= 11 is 3.55. The minimum absolute atomic E-state index is 0.114. The van der Waals surface area contributed by atoms with E-state index in [4.69, 9.17) is 9.31 Å². The third-order valence-corrected chi connectivity index (χ3v) is 3.65. The highest BCUT2D eigenvalue weighted by molar-refractivity contribution is 9.12. The topological polar surface area (TPSA) is 18.5 Å². The van der Waals surface area contributed by atoms with Crippen LogP contribution in [0.5, 0.6) is 0 Å². The van der Waals surface area contributed by atoms with Gasteiger partial charge in [-0.15, -0.1) is 0 Å². The van der Waals surface area contributed by atoms with E-state index in [2.05, 4.69) is 70.5 Å². The average Bonchev–Trinajstić information content (AvgIpc) is 2.17. The predicted octanol–water partition coefficient (Wildman–Crippen LogP) is 3.94. The normalized spacial score (nSPS) is 25.0. The Morgan fingerprint density at radius 1 is 1.06 bits per heavy atom. The zero-order valence-electron chi connectivity index (χ0n) is 11.3. The molecule has 0 bridgehead atoms. The Hall–Kier alpha value is 0.205. The monoisotopic (exact) mass is 288 g/mol. The minimum atomic E-state index is -0.288. The Bertz CT molecular complexity index is 287. The van der Waals surface area contributed by atoms with E-state index in [9.17, 15) is 0 Å². The summed E-state index contributed by atoms with van der Waals surface area (Å²) in [7, 11) is -0.288. The van der Waals surface area contributed by atoms with Crippen LogP contribution < -0.4 is 0 Å². The van der Waals surface area contributed by atoms with Crippen LogP contribution >= 0.6 is 15.9 Å². The summed E-state index contributed by atoms with van der Waals surface area (Å²) in [6.07, 6.45) is 2.13. The first-order valence-electron chi connectivity index (χ1n) is 5.68. The molecule has 1 heterocycles. The van der Waals surface area contributed by atoms with Crippen LogP contribution in [0, 0.1) is 5.41 Å². The zero-order chi connectivity index (χ0) is 12.8. The maximum absolute atomic E-state index is 5.93. The second-order valence-corrected chi connectivity index (χ2v) is 7.40. The molecule has 0 aromatic heterocycles. The molecule has 92 valence electrons. The highest BCUT2D eigenvalue weighted by atomic mass is 79.9. The fourth-order valence-corrected chi connectivity index (χ4v) is 2.31. The molecule has 0 saturated carbocycles. The van der Waals surface area contributed by atoms with Gasteiger partial charge in [0.15, 0.2) is 0 Å². The second kappa shape index (κ2) is 4.15. The summed E-state index contributed by atoms with van der Waals surface area (Å²) in [5.41, 5.74) is -0.437. The Morgan fingerprint density at radius 2 is 1.44 bits per heavy atom. The summed E-state index contributed by atoms with van der Waals surface area (Å²) in [6.45, 7) is 14.7. The quantitative estimate of drug-likeness (QED) is 0.681. The van der Waals surface area contributed by atoms with E-state index < -0.39 is 0 Å². The van der Waals surface area contributed by atoms with Gasteiger partial charge in [0, 0.05) is 4.38 Å². The molecule has 1 aliphatic heterocycles. The third kappa shape index (κ3) is 3.11. The summed E-state index contributed by atoms with van der Waals surface area (Å²) < 4.78 is 12.8. The highest BCUT2D eigenvalue weighted by Gasteiger charge is 2.52. The van der Waals surface area contributed by atoms with E-state index >= 15 is 0 Å². The average molecular weight is 289 g/mol. The molecule has 0 radical (unpaired) electrons. The van der Waals surface area contributed by atoms with Gasteiger partial charge in [0.2, 0.25) is 0 Å². The molecule has 0 aromatic carbocycles. The van der Waals surface area contributed by atoms with Crippen LogP contribution in [0.1, 0.15) is 48.5 Å². The largest absolute Gasteiger partial charge is 0.501 e. The number of rotatable bonds is 1. The van der Waals surface area contributed by atoms with Crippen molar-refractivity contribution in [2.75, 3.05) is 0 Å². The Labute approximate surface area is 108 Å². The molecule has 0 atom stereocenters. The molecular formula is C12H22BBrO2. The number of hydrogen-bond acceptors (Lipinski definition) is 2. The van der Waals surface area contributed by atoms with Gasteiger partial charge in [0.1, 0.15) is 0 Å². The van der Waals surface area contributed by atoms with Gasteiger partial charge in [-0.3, -0.25) is 0 Å². The molecule has 1 rings (SSSR count). The lowest BCUT2D eigenvalue weighted by Crippen LogP contribution is -2.41. The molecule has 16 heavy (non-hydrogen) atoms. The van der Waals surface area contributed by atoms with Gasteiger partial charge in [-0.1, -0.05) is 42.8 Å². The van der Waals surface area contributed by atoms with Crippen LogP contribution in [0.2, 0.25) is 0 Å². The van der Waals surface area contributed by atoms with E-state index in [0.29, 0.717) is 0 Å². The van der Waals surface area contributed by atoms with Gasteiger partial charge in [-0.2, -0.15) is 0 Å². The second-order valence-electron chi connectivity index (χ2n) is 6.48. The summed E-state index contributed by atoms with van der Waals surface area (Å²) in [5.74, 6) is 0. The smallest absolute Gasteiger partial charge is 0.399 e. The first-order chi connectivity index (χ1) is 6.95. The highest BCUT2D eigenvalue weighted by Crippen LogP contribution is 2.40. The minimum Gasteiger partial charge on any atom is -0.399 e.